The highest BCUT2D eigenvalue weighted by molar-refractivity contribution is 9.10. The lowest BCUT2D eigenvalue weighted by molar-refractivity contribution is 0.684. The number of halogens is 2. The van der Waals surface area contributed by atoms with Crippen LogP contribution in [0.2, 0.25) is 5.02 Å². The second-order valence-electron chi connectivity index (χ2n) is 7.05. The molecule has 31 heavy (non-hydrogen) atoms. The summed E-state index contributed by atoms with van der Waals surface area (Å²) in [6.07, 6.45) is 5.55. The summed E-state index contributed by atoms with van der Waals surface area (Å²) in [4.78, 5) is 0. The molecule has 0 aliphatic rings. The van der Waals surface area contributed by atoms with Gasteiger partial charge in [0, 0.05) is 17.4 Å². The zero-order valence-corrected chi connectivity index (χ0v) is 19.9. The molecule has 2 N–H and O–H groups in total. The van der Waals surface area contributed by atoms with E-state index in [1.54, 1.807) is 10.9 Å². The van der Waals surface area contributed by atoms with E-state index in [1.165, 1.54) is 11.1 Å². The average Bonchev–Trinajstić information content (AvgIpc) is 3.31. The lowest BCUT2D eigenvalue weighted by Gasteiger charge is -2.07. The molecule has 4 rings (SSSR count). The van der Waals surface area contributed by atoms with Gasteiger partial charge >= 0.3 is 0 Å². The first-order valence-corrected chi connectivity index (χ1v) is 11.2. The highest BCUT2D eigenvalue weighted by Crippen LogP contribution is 2.23. The Morgan fingerprint density at radius 3 is 2.48 bits per heavy atom. The Kier molecular flexibility index (Phi) is 6.70. The Morgan fingerprint density at radius 1 is 1.00 bits per heavy atom. The lowest BCUT2D eigenvalue weighted by atomic mass is 10.1. The molecule has 158 valence electrons. The third-order valence-electron chi connectivity index (χ3n) is 4.72. The normalized spacial score (nSPS) is 10.8. The van der Waals surface area contributed by atoms with Crippen LogP contribution in [-0.4, -0.2) is 24.7 Å². The molecule has 0 saturated heterocycles. The number of aryl methyl sites for hydroxylation is 1. The van der Waals surface area contributed by atoms with Crippen LogP contribution in [0.1, 0.15) is 16.7 Å². The van der Waals surface area contributed by atoms with E-state index in [2.05, 4.69) is 55.8 Å². The van der Waals surface area contributed by atoms with Gasteiger partial charge in [-0.1, -0.05) is 54.1 Å². The minimum absolute atomic E-state index is 0.430. The number of nitrogens with one attached hydrogen (secondary N) is 2. The molecular weight excluding hydrogens is 496 g/mol. The summed E-state index contributed by atoms with van der Waals surface area (Å²) in [6.45, 7) is 3.36. The molecule has 4 aromatic rings. The highest BCUT2D eigenvalue weighted by Gasteiger charge is 2.11. The van der Waals surface area contributed by atoms with Gasteiger partial charge in [-0.2, -0.15) is 10.2 Å². The molecule has 0 bridgehead atoms. The number of nitrogens with zero attached hydrogens (tertiary/aromatic N) is 4. The van der Waals surface area contributed by atoms with E-state index in [9.17, 15) is 0 Å². The van der Waals surface area contributed by atoms with Crippen molar-refractivity contribution < 1.29 is 0 Å². The SMILES string of the molecule is Cc1ccccc1Cn1cc(NC(=S)Nc2nn(Cc3ccccc3Cl)cc2Br)cn1. The fraction of sp³-hybridized carbons (Fsp3) is 0.136. The predicted molar refractivity (Wildman–Crippen MR) is 133 cm³/mol. The van der Waals surface area contributed by atoms with Crippen molar-refractivity contribution in [3.05, 3.63) is 93.3 Å². The number of anilines is 2. The van der Waals surface area contributed by atoms with Gasteiger partial charge < -0.3 is 10.6 Å². The summed E-state index contributed by atoms with van der Waals surface area (Å²) in [5.41, 5.74) is 4.26. The molecule has 0 spiro atoms. The van der Waals surface area contributed by atoms with Crippen LogP contribution in [0.25, 0.3) is 0 Å². The Labute approximate surface area is 199 Å². The first-order valence-electron chi connectivity index (χ1n) is 9.59. The standard InChI is InChI=1S/C22H20BrClN6S/c1-15-6-2-3-7-16(15)11-29-13-18(10-25-29)26-22(31)27-21-19(23)14-30(28-21)12-17-8-4-5-9-20(17)24/h2-10,13-14H,11-12H2,1H3,(H2,26,27,28,31). The third-order valence-corrected chi connectivity index (χ3v) is 5.88. The minimum Gasteiger partial charge on any atom is -0.330 e. The molecule has 0 saturated carbocycles. The molecule has 9 heteroatoms. The monoisotopic (exact) mass is 514 g/mol. The van der Waals surface area contributed by atoms with E-state index in [-0.39, 0.29) is 0 Å². The number of aromatic nitrogens is 4. The molecule has 2 aromatic heterocycles. The van der Waals surface area contributed by atoms with E-state index < -0.39 is 0 Å². The van der Waals surface area contributed by atoms with Crippen LogP contribution in [0.15, 0.2) is 71.6 Å². The van der Waals surface area contributed by atoms with Crippen LogP contribution in [0.4, 0.5) is 11.5 Å². The summed E-state index contributed by atoms with van der Waals surface area (Å²) < 4.78 is 4.48. The van der Waals surface area contributed by atoms with Gasteiger partial charge in [0.05, 0.1) is 29.4 Å². The Bertz CT molecular complexity index is 1220. The van der Waals surface area contributed by atoms with Crippen molar-refractivity contribution in [2.45, 2.75) is 20.0 Å². The van der Waals surface area contributed by atoms with Crippen molar-refractivity contribution in [2.75, 3.05) is 10.6 Å². The summed E-state index contributed by atoms with van der Waals surface area (Å²) in [5.74, 6) is 0.622. The maximum Gasteiger partial charge on any atom is 0.176 e. The number of hydrogen-bond donors (Lipinski definition) is 2. The second-order valence-corrected chi connectivity index (χ2v) is 8.72. The number of benzene rings is 2. The first-order chi connectivity index (χ1) is 15.0. The molecule has 2 aromatic carbocycles. The largest absolute Gasteiger partial charge is 0.330 e. The molecule has 0 atom stereocenters. The van der Waals surface area contributed by atoms with Gasteiger partial charge in [-0.25, -0.2) is 0 Å². The van der Waals surface area contributed by atoms with Gasteiger partial charge in [-0.05, 0) is 57.8 Å². The van der Waals surface area contributed by atoms with Crippen molar-refractivity contribution in [3.63, 3.8) is 0 Å². The van der Waals surface area contributed by atoms with E-state index in [4.69, 9.17) is 23.8 Å². The number of hydrogen-bond acceptors (Lipinski definition) is 3. The summed E-state index contributed by atoms with van der Waals surface area (Å²) in [7, 11) is 0. The van der Waals surface area contributed by atoms with Crippen LogP contribution in [0.5, 0.6) is 0 Å². The quantitative estimate of drug-likeness (QED) is 0.322. The van der Waals surface area contributed by atoms with Crippen molar-refractivity contribution >= 4 is 56.4 Å². The van der Waals surface area contributed by atoms with Gasteiger partial charge in [0.1, 0.15) is 0 Å². The predicted octanol–water partition coefficient (Wildman–Crippen LogP) is 5.71. The molecule has 2 heterocycles. The van der Waals surface area contributed by atoms with Gasteiger partial charge in [0.2, 0.25) is 0 Å². The van der Waals surface area contributed by atoms with Crippen LogP contribution >= 0.6 is 39.7 Å². The summed E-state index contributed by atoms with van der Waals surface area (Å²) in [6, 6.07) is 16.0. The molecular formula is C22H20BrClN6S. The smallest absolute Gasteiger partial charge is 0.176 e. The Morgan fingerprint density at radius 2 is 1.71 bits per heavy atom. The fourth-order valence-electron chi connectivity index (χ4n) is 3.11. The maximum atomic E-state index is 6.25. The molecule has 0 fully saturated rings. The van der Waals surface area contributed by atoms with Crippen molar-refractivity contribution in [1.29, 1.82) is 0 Å². The molecule has 0 aliphatic carbocycles. The lowest BCUT2D eigenvalue weighted by Crippen LogP contribution is -2.19. The van der Waals surface area contributed by atoms with E-state index in [0.717, 1.165) is 15.7 Å². The fourth-order valence-corrected chi connectivity index (χ4v) is 3.94. The van der Waals surface area contributed by atoms with E-state index in [1.807, 2.05) is 53.5 Å². The van der Waals surface area contributed by atoms with Crippen LogP contribution < -0.4 is 10.6 Å². The third kappa shape index (κ3) is 5.52. The summed E-state index contributed by atoms with van der Waals surface area (Å²) in [5, 5.41) is 16.4. The number of thiocarbonyl (C=S) groups is 1. The maximum absolute atomic E-state index is 6.25. The number of rotatable bonds is 6. The van der Waals surface area contributed by atoms with Crippen LogP contribution in [-0.2, 0) is 13.1 Å². The van der Waals surface area contributed by atoms with Crippen molar-refractivity contribution in [1.82, 2.24) is 19.6 Å². The van der Waals surface area contributed by atoms with E-state index in [0.29, 0.717) is 29.0 Å². The second kappa shape index (κ2) is 9.64. The van der Waals surface area contributed by atoms with Gasteiger partial charge in [-0.3, -0.25) is 9.36 Å². The molecule has 0 radical (unpaired) electrons. The molecule has 0 aliphatic heterocycles. The zero-order chi connectivity index (χ0) is 21.8. The highest BCUT2D eigenvalue weighted by atomic mass is 79.9. The van der Waals surface area contributed by atoms with Gasteiger partial charge in [0.15, 0.2) is 10.9 Å². The van der Waals surface area contributed by atoms with E-state index >= 15 is 0 Å². The zero-order valence-electron chi connectivity index (χ0n) is 16.7. The summed E-state index contributed by atoms with van der Waals surface area (Å²) >= 11 is 15.2. The van der Waals surface area contributed by atoms with Crippen molar-refractivity contribution in [3.8, 4) is 0 Å². The van der Waals surface area contributed by atoms with Gasteiger partial charge in [-0.15, -0.1) is 0 Å². The van der Waals surface area contributed by atoms with Crippen LogP contribution in [0, 0.1) is 6.92 Å². The minimum atomic E-state index is 0.430. The van der Waals surface area contributed by atoms with Crippen LogP contribution in [0.3, 0.4) is 0 Å². The molecule has 0 unspecified atom stereocenters. The van der Waals surface area contributed by atoms with Gasteiger partial charge in [0.25, 0.3) is 0 Å². The molecule has 6 nitrogen and oxygen atoms in total. The molecule has 0 amide bonds. The Hall–Kier alpha value is -2.68. The van der Waals surface area contributed by atoms with Crippen molar-refractivity contribution in [2.24, 2.45) is 0 Å². The topological polar surface area (TPSA) is 59.7 Å². The average molecular weight is 516 g/mol. The Balaban J connectivity index is 1.37. The first kappa shape index (κ1) is 21.5.